The molecule has 19 heavy (non-hydrogen) atoms. The predicted octanol–water partition coefficient (Wildman–Crippen LogP) is 3.02. The Balaban J connectivity index is 2.12. The lowest BCUT2D eigenvalue weighted by Gasteiger charge is -2.37. The van der Waals surface area contributed by atoms with Crippen molar-refractivity contribution < 1.29 is 4.74 Å². The molecule has 2 unspecified atom stereocenters. The van der Waals surface area contributed by atoms with Gasteiger partial charge in [0.1, 0.15) is 5.75 Å². The lowest BCUT2D eigenvalue weighted by Crippen LogP contribution is -2.43. The number of methoxy groups -OCH3 is 1. The van der Waals surface area contributed by atoms with E-state index >= 15 is 0 Å². The second kappa shape index (κ2) is 6.73. The Morgan fingerprint density at radius 1 is 1.42 bits per heavy atom. The molecule has 0 radical (unpaired) electrons. The predicted molar refractivity (Wildman–Crippen MR) is 82.3 cm³/mol. The lowest BCUT2D eigenvalue weighted by atomic mass is 9.93. The van der Waals surface area contributed by atoms with Crippen LogP contribution in [0.15, 0.2) is 22.7 Å². The van der Waals surface area contributed by atoms with Crippen molar-refractivity contribution in [3.05, 3.63) is 28.2 Å². The third-order valence-corrected chi connectivity index (χ3v) is 4.55. The van der Waals surface area contributed by atoms with Crippen LogP contribution in [-0.4, -0.2) is 31.1 Å². The zero-order chi connectivity index (χ0) is 13.8. The molecule has 4 heteroatoms. The molecule has 1 aromatic rings. The van der Waals surface area contributed by atoms with Gasteiger partial charge in [-0.3, -0.25) is 4.90 Å². The van der Waals surface area contributed by atoms with Crippen LogP contribution in [0.2, 0.25) is 0 Å². The van der Waals surface area contributed by atoms with E-state index in [1.54, 1.807) is 7.11 Å². The smallest absolute Gasteiger partial charge is 0.123 e. The molecule has 106 valence electrons. The van der Waals surface area contributed by atoms with Crippen LogP contribution < -0.4 is 10.5 Å². The number of rotatable bonds is 4. The van der Waals surface area contributed by atoms with Crippen LogP contribution in [0.4, 0.5) is 0 Å². The topological polar surface area (TPSA) is 38.5 Å². The Kier molecular flexibility index (Phi) is 5.25. The molecule has 3 nitrogen and oxygen atoms in total. The van der Waals surface area contributed by atoms with Gasteiger partial charge in [-0.1, -0.05) is 15.9 Å². The van der Waals surface area contributed by atoms with Crippen LogP contribution in [0.5, 0.6) is 5.75 Å². The van der Waals surface area contributed by atoms with Crippen LogP contribution in [-0.2, 0) is 6.54 Å². The lowest BCUT2D eigenvalue weighted by molar-refractivity contribution is 0.112. The summed E-state index contributed by atoms with van der Waals surface area (Å²) in [5.41, 5.74) is 7.06. The molecule has 0 bridgehead atoms. The molecular formula is C15H23BrN2O. The van der Waals surface area contributed by atoms with Gasteiger partial charge in [-0.2, -0.15) is 0 Å². The van der Waals surface area contributed by atoms with Gasteiger partial charge in [0.2, 0.25) is 0 Å². The van der Waals surface area contributed by atoms with E-state index < -0.39 is 0 Å². The molecule has 1 aromatic carbocycles. The fraction of sp³-hybridized carbons (Fsp3) is 0.600. The molecule has 2 atom stereocenters. The maximum absolute atomic E-state index is 5.83. The van der Waals surface area contributed by atoms with Crippen LogP contribution in [0.1, 0.15) is 25.3 Å². The van der Waals surface area contributed by atoms with Gasteiger partial charge in [-0.25, -0.2) is 0 Å². The van der Waals surface area contributed by atoms with E-state index in [4.69, 9.17) is 10.5 Å². The molecule has 0 amide bonds. The number of halogens is 1. The average Bonchev–Trinajstić information content (AvgIpc) is 2.41. The third-order valence-electron chi connectivity index (χ3n) is 4.06. The molecule has 0 aromatic heterocycles. The number of hydrogen-bond donors (Lipinski definition) is 1. The first-order valence-corrected chi connectivity index (χ1v) is 7.70. The van der Waals surface area contributed by atoms with E-state index in [1.807, 2.05) is 12.1 Å². The Bertz CT molecular complexity index is 425. The van der Waals surface area contributed by atoms with Crippen molar-refractivity contribution in [2.45, 2.75) is 32.4 Å². The molecule has 1 heterocycles. The highest BCUT2D eigenvalue weighted by Crippen LogP contribution is 2.28. The van der Waals surface area contributed by atoms with Crippen molar-refractivity contribution in [1.82, 2.24) is 4.90 Å². The van der Waals surface area contributed by atoms with Gasteiger partial charge >= 0.3 is 0 Å². The van der Waals surface area contributed by atoms with Gasteiger partial charge in [0.05, 0.1) is 7.11 Å². The maximum Gasteiger partial charge on any atom is 0.123 e. The summed E-state index contributed by atoms with van der Waals surface area (Å²) in [6.07, 6.45) is 2.49. The summed E-state index contributed by atoms with van der Waals surface area (Å²) in [5.74, 6) is 1.60. The second-order valence-corrected chi connectivity index (χ2v) is 6.33. The molecule has 0 spiro atoms. The SMILES string of the molecule is COc1ccc(Br)cc1CN1CC(CN)CCC1C. The molecule has 2 rings (SSSR count). The Hall–Kier alpha value is -0.580. The number of ether oxygens (including phenoxy) is 1. The van der Waals surface area contributed by atoms with E-state index in [-0.39, 0.29) is 0 Å². The molecule has 1 saturated heterocycles. The normalized spacial score (nSPS) is 24.4. The van der Waals surface area contributed by atoms with Crippen molar-refractivity contribution >= 4 is 15.9 Å². The molecule has 1 aliphatic heterocycles. The first kappa shape index (κ1) is 14.8. The number of hydrogen-bond acceptors (Lipinski definition) is 3. The summed E-state index contributed by atoms with van der Waals surface area (Å²) in [6.45, 7) is 5.11. The first-order valence-electron chi connectivity index (χ1n) is 6.90. The highest BCUT2D eigenvalue weighted by atomic mass is 79.9. The van der Waals surface area contributed by atoms with Crippen molar-refractivity contribution in [3.63, 3.8) is 0 Å². The van der Waals surface area contributed by atoms with Crippen molar-refractivity contribution in [2.24, 2.45) is 11.7 Å². The van der Waals surface area contributed by atoms with Crippen LogP contribution in [0.25, 0.3) is 0 Å². The largest absolute Gasteiger partial charge is 0.496 e. The number of nitrogens with two attached hydrogens (primary N) is 1. The summed E-state index contributed by atoms with van der Waals surface area (Å²) < 4.78 is 6.56. The first-order chi connectivity index (χ1) is 9.13. The quantitative estimate of drug-likeness (QED) is 0.924. The van der Waals surface area contributed by atoms with E-state index in [9.17, 15) is 0 Å². The summed E-state index contributed by atoms with van der Waals surface area (Å²) in [6, 6.07) is 6.81. The average molecular weight is 327 g/mol. The summed E-state index contributed by atoms with van der Waals surface area (Å²) in [5, 5.41) is 0. The van der Waals surface area contributed by atoms with Crippen molar-refractivity contribution in [1.29, 1.82) is 0 Å². The monoisotopic (exact) mass is 326 g/mol. The number of piperidine rings is 1. The van der Waals surface area contributed by atoms with Gasteiger partial charge in [0.15, 0.2) is 0 Å². The second-order valence-electron chi connectivity index (χ2n) is 5.41. The Morgan fingerprint density at radius 2 is 2.21 bits per heavy atom. The van der Waals surface area contributed by atoms with Crippen LogP contribution in [0, 0.1) is 5.92 Å². The number of nitrogens with zero attached hydrogens (tertiary/aromatic N) is 1. The Morgan fingerprint density at radius 3 is 2.89 bits per heavy atom. The highest BCUT2D eigenvalue weighted by Gasteiger charge is 2.25. The highest BCUT2D eigenvalue weighted by molar-refractivity contribution is 9.10. The van der Waals surface area contributed by atoms with Gasteiger partial charge in [-0.05, 0) is 50.4 Å². The van der Waals surface area contributed by atoms with E-state index in [0.717, 1.165) is 29.9 Å². The summed E-state index contributed by atoms with van der Waals surface area (Å²) >= 11 is 3.54. The molecule has 0 saturated carbocycles. The fourth-order valence-electron chi connectivity index (χ4n) is 2.76. The zero-order valence-corrected chi connectivity index (χ0v) is 13.3. The van der Waals surface area contributed by atoms with Gasteiger partial charge in [0.25, 0.3) is 0 Å². The van der Waals surface area contributed by atoms with E-state index in [1.165, 1.54) is 18.4 Å². The minimum absolute atomic E-state index is 0.617. The van der Waals surface area contributed by atoms with E-state index in [2.05, 4.69) is 33.8 Å². The molecule has 0 aliphatic carbocycles. The number of likely N-dealkylation sites (tertiary alicyclic amines) is 1. The van der Waals surface area contributed by atoms with E-state index in [0.29, 0.717) is 12.0 Å². The van der Waals surface area contributed by atoms with Gasteiger partial charge in [0, 0.05) is 29.2 Å². The van der Waals surface area contributed by atoms with Gasteiger partial charge in [-0.15, -0.1) is 0 Å². The van der Waals surface area contributed by atoms with Crippen LogP contribution >= 0.6 is 15.9 Å². The maximum atomic E-state index is 5.83. The Labute approximate surface area is 124 Å². The fourth-order valence-corrected chi connectivity index (χ4v) is 3.17. The van der Waals surface area contributed by atoms with Crippen molar-refractivity contribution in [3.8, 4) is 5.75 Å². The molecule has 2 N–H and O–H groups in total. The number of benzene rings is 1. The van der Waals surface area contributed by atoms with Crippen molar-refractivity contribution in [2.75, 3.05) is 20.2 Å². The van der Waals surface area contributed by atoms with Crippen LogP contribution in [0.3, 0.4) is 0 Å². The van der Waals surface area contributed by atoms with Gasteiger partial charge < -0.3 is 10.5 Å². The molecule has 1 fully saturated rings. The summed E-state index contributed by atoms with van der Waals surface area (Å²) in [7, 11) is 1.73. The minimum Gasteiger partial charge on any atom is -0.496 e. The zero-order valence-electron chi connectivity index (χ0n) is 11.7. The molecule has 1 aliphatic rings. The minimum atomic E-state index is 0.617. The standard InChI is InChI=1S/C15H23BrN2O/c1-11-3-4-12(8-17)9-18(11)10-13-7-14(16)5-6-15(13)19-2/h5-7,11-12H,3-4,8-10,17H2,1-2H3. The third kappa shape index (κ3) is 3.71. The summed E-state index contributed by atoms with van der Waals surface area (Å²) in [4.78, 5) is 2.52. The molecular weight excluding hydrogens is 304 g/mol.